The smallest absolute Gasteiger partial charge is 0.257 e. The highest BCUT2D eigenvalue weighted by atomic mass is 32.1. The van der Waals surface area contributed by atoms with Gasteiger partial charge in [0.1, 0.15) is 5.75 Å². The lowest BCUT2D eigenvalue weighted by atomic mass is 9.53. The summed E-state index contributed by atoms with van der Waals surface area (Å²) in [6.07, 6.45) is 8.92. The van der Waals surface area contributed by atoms with Gasteiger partial charge in [0.15, 0.2) is 5.11 Å². The van der Waals surface area contributed by atoms with Crippen molar-refractivity contribution in [2.75, 3.05) is 0 Å². The molecule has 0 unspecified atom stereocenters. The van der Waals surface area contributed by atoms with E-state index in [1.165, 1.54) is 38.5 Å². The molecule has 5 heteroatoms. The van der Waals surface area contributed by atoms with Crippen molar-refractivity contribution in [3.8, 4) is 5.75 Å². The van der Waals surface area contributed by atoms with Crippen LogP contribution in [-0.4, -0.2) is 22.7 Å². The lowest BCUT2D eigenvalue weighted by molar-refractivity contribution is -0.0101. The van der Waals surface area contributed by atoms with Gasteiger partial charge in [0, 0.05) is 11.1 Å². The molecule has 27 heavy (non-hydrogen) atoms. The number of thiocarbonyl (C=S) groups is 1. The predicted octanol–water partition coefficient (Wildman–Crippen LogP) is 4.44. The minimum atomic E-state index is -0.160. The van der Waals surface area contributed by atoms with Gasteiger partial charge in [-0.05, 0) is 106 Å². The number of hydrogen-bond acceptors (Lipinski definition) is 3. The Labute approximate surface area is 167 Å². The number of amides is 1. The Kier molecular flexibility index (Phi) is 5.15. The number of benzene rings is 1. The molecule has 5 rings (SSSR count). The van der Waals surface area contributed by atoms with Gasteiger partial charge in [-0.3, -0.25) is 10.1 Å². The lowest BCUT2D eigenvalue weighted by Crippen LogP contribution is -2.61. The summed E-state index contributed by atoms with van der Waals surface area (Å²) in [4.78, 5) is 12.6. The highest BCUT2D eigenvalue weighted by molar-refractivity contribution is 7.80. The van der Waals surface area contributed by atoms with Crippen molar-refractivity contribution in [1.82, 2.24) is 10.6 Å². The molecule has 4 aliphatic carbocycles. The highest BCUT2D eigenvalue weighted by Crippen LogP contribution is 2.55. The summed E-state index contributed by atoms with van der Waals surface area (Å²) in [6, 6.07) is 7.27. The number of carbonyl (C=O) groups is 1. The first-order valence-corrected chi connectivity index (χ1v) is 10.8. The molecule has 4 aliphatic rings. The first-order chi connectivity index (χ1) is 12.9. The third-order valence-corrected chi connectivity index (χ3v) is 6.88. The van der Waals surface area contributed by atoms with E-state index in [2.05, 4.69) is 17.6 Å². The molecule has 0 saturated heterocycles. The van der Waals surface area contributed by atoms with Gasteiger partial charge < -0.3 is 10.1 Å². The second-order valence-electron chi connectivity index (χ2n) is 8.97. The number of rotatable bonds is 5. The molecule has 0 radical (unpaired) electrons. The SMILES string of the molecule is CC[C@H](C)Oc1ccc(C(=O)NC(=S)NC23CC4CC(CC(C4)C2)C3)cc1. The van der Waals surface area contributed by atoms with Gasteiger partial charge in [-0.15, -0.1) is 0 Å². The van der Waals surface area contributed by atoms with Crippen molar-refractivity contribution in [2.45, 2.75) is 70.4 Å². The van der Waals surface area contributed by atoms with Gasteiger partial charge >= 0.3 is 0 Å². The molecule has 0 aliphatic heterocycles. The summed E-state index contributed by atoms with van der Waals surface area (Å²) < 4.78 is 5.77. The Hall–Kier alpha value is -1.62. The molecule has 4 bridgehead atoms. The van der Waals surface area contributed by atoms with Crippen LogP contribution in [0.25, 0.3) is 0 Å². The lowest BCUT2D eigenvalue weighted by Gasteiger charge is -2.57. The largest absolute Gasteiger partial charge is 0.491 e. The normalized spacial score (nSPS) is 32.0. The second kappa shape index (κ2) is 7.42. The standard InChI is InChI=1S/C22H30N2O2S/c1-3-14(2)26-19-6-4-18(5-7-19)20(25)23-21(27)24-22-11-15-8-16(12-22)10-17(9-15)13-22/h4-7,14-17H,3,8-13H2,1-2H3,(H2,23,24,25,27)/t14-,15?,16?,17?,22?/m0/s1. The van der Waals surface area contributed by atoms with Crippen LogP contribution in [0.4, 0.5) is 0 Å². The number of nitrogens with one attached hydrogen (secondary N) is 2. The van der Waals surface area contributed by atoms with E-state index in [-0.39, 0.29) is 17.6 Å². The summed E-state index contributed by atoms with van der Waals surface area (Å²) in [5.41, 5.74) is 0.716. The molecule has 1 atom stereocenters. The van der Waals surface area contributed by atoms with Crippen LogP contribution in [0.3, 0.4) is 0 Å². The van der Waals surface area contributed by atoms with E-state index in [4.69, 9.17) is 17.0 Å². The van der Waals surface area contributed by atoms with E-state index in [9.17, 15) is 4.79 Å². The Balaban J connectivity index is 1.34. The third-order valence-electron chi connectivity index (χ3n) is 6.67. The van der Waals surface area contributed by atoms with E-state index >= 15 is 0 Å². The Morgan fingerprint density at radius 3 is 2.22 bits per heavy atom. The summed E-state index contributed by atoms with van der Waals surface area (Å²) in [5.74, 6) is 3.17. The van der Waals surface area contributed by atoms with Gasteiger partial charge in [0.2, 0.25) is 0 Å². The van der Waals surface area contributed by atoms with Gasteiger partial charge in [-0.25, -0.2) is 0 Å². The first kappa shape index (κ1) is 18.7. The molecule has 146 valence electrons. The van der Waals surface area contributed by atoms with Gasteiger partial charge in [0.05, 0.1) is 6.10 Å². The summed E-state index contributed by atoms with van der Waals surface area (Å²) >= 11 is 5.50. The average Bonchev–Trinajstić information content (AvgIpc) is 2.60. The number of ether oxygens (including phenoxy) is 1. The average molecular weight is 387 g/mol. The number of hydrogen-bond donors (Lipinski definition) is 2. The maximum atomic E-state index is 12.6. The van der Waals surface area contributed by atoms with E-state index in [0.717, 1.165) is 29.9 Å². The van der Waals surface area contributed by atoms with Crippen molar-refractivity contribution in [3.63, 3.8) is 0 Å². The van der Waals surface area contributed by atoms with Crippen LogP contribution < -0.4 is 15.4 Å². The van der Waals surface area contributed by atoms with E-state index in [1.54, 1.807) is 12.1 Å². The Morgan fingerprint density at radius 2 is 1.70 bits per heavy atom. The van der Waals surface area contributed by atoms with Gasteiger partial charge in [-0.1, -0.05) is 6.92 Å². The molecule has 0 spiro atoms. The van der Waals surface area contributed by atoms with Crippen LogP contribution in [0, 0.1) is 17.8 Å². The Bertz CT molecular complexity index is 680. The molecular weight excluding hydrogens is 356 g/mol. The van der Waals surface area contributed by atoms with Crippen LogP contribution in [0.1, 0.15) is 69.2 Å². The van der Waals surface area contributed by atoms with Crippen molar-refractivity contribution in [1.29, 1.82) is 0 Å². The van der Waals surface area contributed by atoms with Crippen LogP contribution in [0.2, 0.25) is 0 Å². The topological polar surface area (TPSA) is 50.4 Å². The van der Waals surface area contributed by atoms with Gasteiger partial charge in [-0.2, -0.15) is 0 Å². The predicted molar refractivity (Wildman–Crippen MR) is 111 cm³/mol. The molecule has 4 fully saturated rings. The minimum absolute atomic E-state index is 0.118. The van der Waals surface area contributed by atoms with Crippen molar-refractivity contribution in [2.24, 2.45) is 17.8 Å². The molecule has 0 aromatic heterocycles. The van der Waals surface area contributed by atoms with E-state index in [1.807, 2.05) is 19.1 Å². The van der Waals surface area contributed by atoms with Crippen LogP contribution in [-0.2, 0) is 0 Å². The van der Waals surface area contributed by atoms with Crippen molar-refractivity contribution >= 4 is 23.2 Å². The molecule has 1 aromatic rings. The molecule has 4 nitrogen and oxygen atoms in total. The zero-order valence-corrected chi connectivity index (χ0v) is 17.1. The third kappa shape index (κ3) is 4.13. The molecular formula is C22H30N2O2S. The van der Waals surface area contributed by atoms with Crippen LogP contribution >= 0.6 is 12.2 Å². The molecule has 4 saturated carbocycles. The van der Waals surface area contributed by atoms with Crippen molar-refractivity contribution < 1.29 is 9.53 Å². The quantitative estimate of drug-likeness (QED) is 0.735. The number of carbonyl (C=O) groups excluding carboxylic acids is 1. The van der Waals surface area contributed by atoms with Gasteiger partial charge in [0.25, 0.3) is 5.91 Å². The molecule has 1 aromatic carbocycles. The fraction of sp³-hybridized carbons (Fsp3) is 0.636. The van der Waals surface area contributed by atoms with E-state index < -0.39 is 0 Å². The fourth-order valence-corrected chi connectivity index (χ4v) is 6.02. The highest BCUT2D eigenvalue weighted by Gasteiger charge is 2.51. The summed E-state index contributed by atoms with van der Waals surface area (Å²) in [7, 11) is 0. The maximum absolute atomic E-state index is 12.6. The maximum Gasteiger partial charge on any atom is 0.257 e. The molecule has 2 N–H and O–H groups in total. The summed E-state index contributed by atoms with van der Waals surface area (Å²) in [5, 5.41) is 6.90. The molecule has 1 amide bonds. The van der Waals surface area contributed by atoms with Crippen LogP contribution in [0.5, 0.6) is 5.75 Å². The second-order valence-corrected chi connectivity index (χ2v) is 9.38. The zero-order valence-electron chi connectivity index (χ0n) is 16.3. The Morgan fingerprint density at radius 1 is 1.15 bits per heavy atom. The summed E-state index contributed by atoms with van der Waals surface area (Å²) in [6.45, 7) is 4.12. The van der Waals surface area contributed by atoms with Crippen LogP contribution in [0.15, 0.2) is 24.3 Å². The first-order valence-electron chi connectivity index (χ1n) is 10.3. The monoisotopic (exact) mass is 386 g/mol. The fourth-order valence-electron chi connectivity index (χ4n) is 5.71. The minimum Gasteiger partial charge on any atom is -0.491 e. The van der Waals surface area contributed by atoms with Crippen molar-refractivity contribution in [3.05, 3.63) is 29.8 Å². The van der Waals surface area contributed by atoms with E-state index in [0.29, 0.717) is 10.7 Å². The molecule has 0 heterocycles. The zero-order chi connectivity index (χ0) is 19.0.